The van der Waals surface area contributed by atoms with E-state index >= 15 is 0 Å². The molecule has 0 aliphatic rings. The second kappa shape index (κ2) is 4.79. The zero-order chi connectivity index (χ0) is 14.1. The van der Waals surface area contributed by atoms with E-state index in [-0.39, 0.29) is 5.28 Å². The van der Waals surface area contributed by atoms with E-state index in [9.17, 15) is 0 Å². The Balaban J connectivity index is 2.35. The van der Waals surface area contributed by atoms with E-state index in [2.05, 4.69) is 26.2 Å². The number of rotatable bonds is 2. The van der Waals surface area contributed by atoms with Gasteiger partial charge >= 0.3 is 0 Å². The molecule has 0 aliphatic heterocycles. The maximum atomic E-state index is 9.03. The number of ether oxygens (including phenoxy) is 1. The predicted molar refractivity (Wildman–Crippen MR) is 73.4 cm³/mol. The summed E-state index contributed by atoms with van der Waals surface area (Å²) in [7, 11) is 1.56. The lowest BCUT2D eigenvalue weighted by molar-refractivity contribution is 0.416. The molecule has 7 heteroatoms. The maximum absolute atomic E-state index is 9.03. The Bertz CT molecular complexity index is 836. The van der Waals surface area contributed by atoms with Crippen molar-refractivity contribution in [1.29, 1.82) is 5.26 Å². The summed E-state index contributed by atoms with van der Waals surface area (Å²) >= 11 is 5.92. The average molecular weight is 286 g/mol. The van der Waals surface area contributed by atoms with Gasteiger partial charge in [-0.25, -0.2) is 4.98 Å². The van der Waals surface area contributed by atoms with Gasteiger partial charge in [-0.3, -0.25) is 5.10 Å². The lowest BCUT2D eigenvalue weighted by Crippen LogP contribution is -1.94. The van der Waals surface area contributed by atoms with Gasteiger partial charge in [0.2, 0.25) is 5.28 Å². The summed E-state index contributed by atoms with van der Waals surface area (Å²) in [6.07, 6.45) is 1.61. The molecule has 2 heterocycles. The zero-order valence-corrected chi connectivity index (χ0v) is 11.1. The molecular formula is C13H8ClN5O. The van der Waals surface area contributed by atoms with Crippen LogP contribution in [0.3, 0.4) is 0 Å². The Kier molecular flexibility index (Phi) is 2.97. The Labute approximate surface area is 119 Å². The third-order valence-corrected chi connectivity index (χ3v) is 3.04. The van der Waals surface area contributed by atoms with Gasteiger partial charge in [0, 0.05) is 5.56 Å². The molecule has 0 spiro atoms. The number of benzene rings is 1. The fourth-order valence-corrected chi connectivity index (χ4v) is 2.14. The van der Waals surface area contributed by atoms with E-state index in [1.54, 1.807) is 31.5 Å². The van der Waals surface area contributed by atoms with Gasteiger partial charge in [-0.1, -0.05) is 0 Å². The minimum atomic E-state index is 0.0983. The molecule has 1 N–H and O–H groups in total. The molecule has 6 nitrogen and oxygen atoms in total. The largest absolute Gasteiger partial charge is 0.496 e. The molecule has 0 fully saturated rings. The first kappa shape index (κ1) is 12.4. The molecule has 3 rings (SSSR count). The van der Waals surface area contributed by atoms with Crippen LogP contribution < -0.4 is 4.74 Å². The van der Waals surface area contributed by atoms with Gasteiger partial charge in [-0.05, 0) is 29.8 Å². The van der Waals surface area contributed by atoms with Crippen LogP contribution in [0.15, 0.2) is 24.4 Å². The number of nitrogens with zero attached hydrogens (tertiary/aromatic N) is 4. The smallest absolute Gasteiger partial charge is 0.224 e. The lowest BCUT2D eigenvalue weighted by atomic mass is 10.1. The minimum Gasteiger partial charge on any atom is -0.496 e. The van der Waals surface area contributed by atoms with E-state index in [1.165, 1.54) is 0 Å². The molecule has 0 aliphatic carbocycles. The molecule has 0 radical (unpaired) electrons. The van der Waals surface area contributed by atoms with Crippen molar-refractivity contribution >= 4 is 22.6 Å². The number of aromatic nitrogens is 4. The van der Waals surface area contributed by atoms with Crippen molar-refractivity contribution in [2.75, 3.05) is 7.11 Å². The first-order valence-electron chi connectivity index (χ1n) is 5.68. The zero-order valence-electron chi connectivity index (χ0n) is 10.4. The van der Waals surface area contributed by atoms with Crippen LogP contribution in [0.1, 0.15) is 5.56 Å². The van der Waals surface area contributed by atoms with Gasteiger partial charge in [0.15, 0.2) is 5.65 Å². The molecule has 3 aromatic rings. The molecular weight excluding hydrogens is 278 g/mol. The Morgan fingerprint density at radius 3 is 2.95 bits per heavy atom. The van der Waals surface area contributed by atoms with Gasteiger partial charge in [0.05, 0.1) is 36.0 Å². The van der Waals surface area contributed by atoms with Crippen LogP contribution in [0.4, 0.5) is 0 Å². The van der Waals surface area contributed by atoms with Crippen molar-refractivity contribution in [2.24, 2.45) is 0 Å². The number of hydrogen-bond donors (Lipinski definition) is 1. The van der Waals surface area contributed by atoms with E-state index in [0.29, 0.717) is 33.6 Å². The number of fused-ring (bicyclic) bond motifs is 1. The number of halogens is 1. The molecule has 0 bridgehead atoms. The molecule has 0 atom stereocenters. The van der Waals surface area contributed by atoms with Crippen molar-refractivity contribution in [3.63, 3.8) is 0 Å². The first-order valence-corrected chi connectivity index (χ1v) is 6.06. The van der Waals surface area contributed by atoms with Gasteiger partial charge in [-0.2, -0.15) is 15.3 Å². The summed E-state index contributed by atoms with van der Waals surface area (Å²) in [5.74, 6) is 0.598. The number of hydrogen-bond acceptors (Lipinski definition) is 5. The highest BCUT2D eigenvalue weighted by molar-refractivity contribution is 6.28. The van der Waals surface area contributed by atoms with Crippen LogP contribution >= 0.6 is 11.6 Å². The van der Waals surface area contributed by atoms with Crippen molar-refractivity contribution in [3.8, 4) is 23.1 Å². The van der Waals surface area contributed by atoms with Crippen LogP contribution in [0.5, 0.6) is 5.75 Å². The second-order valence-corrected chi connectivity index (χ2v) is 4.34. The van der Waals surface area contributed by atoms with E-state index < -0.39 is 0 Å². The van der Waals surface area contributed by atoms with Gasteiger partial charge < -0.3 is 4.74 Å². The van der Waals surface area contributed by atoms with Crippen molar-refractivity contribution in [1.82, 2.24) is 20.2 Å². The molecule has 2 aromatic heterocycles. The number of aromatic amines is 1. The molecule has 20 heavy (non-hydrogen) atoms. The van der Waals surface area contributed by atoms with Crippen LogP contribution in [-0.2, 0) is 0 Å². The number of H-pyrrole nitrogens is 1. The molecule has 1 aromatic carbocycles. The molecule has 0 amide bonds. The third kappa shape index (κ3) is 1.94. The summed E-state index contributed by atoms with van der Waals surface area (Å²) in [6, 6.07) is 7.18. The lowest BCUT2D eigenvalue weighted by Gasteiger charge is -2.09. The maximum Gasteiger partial charge on any atom is 0.224 e. The standard InChI is InChI=1S/C13H8ClN5O/c1-20-10-3-2-7(5-15)4-8(10)11-9-6-16-19-12(9)18-13(14)17-11/h2-4,6H,1H3,(H,16,17,18,19). The van der Waals surface area contributed by atoms with Crippen LogP contribution in [0.2, 0.25) is 5.28 Å². The third-order valence-electron chi connectivity index (χ3n) is 2.87. The molecule has 0 saturated heterocycles. The Hall–Kier alpha value is -2.65. The quantitative estimate of drug-likeness (QED) is 0.731. The van der Waals surface area contributed by atoms with Gasteiger partial charge in [-0.15, -0.1) is 0 Å². The topological polar surface area (TPSA) is 87.5 Å². The monoisotopic (exact) mass is 285 g/mol. The first-order chi connectivity index (χ1) is 9.72. The summed E-state index contributed by atoms with van der Waals surface area (Å²) < 4.78 is 5.32. The molecule has 98 valence electrons. The van der Waals surface area contributed by atoms with Crippen LogP contribution in [-0.4, -0.2) is 27.3 Å². The van der Waals surface area contributed by atoms with Gasteiger partial charge in [0.25, 0.3) is 0 Å². The number of nitriles is 1. The second-order valence-electron chi connectivity index (χ2n) is 4.00. The SMILES string of the molecule is COc1ccc(C#N)cc1-c1nc(Cl)nc2[nH]ncc12. The van der Waals surface area contributed by atoms with E-state index in [1.807, 2.05) is 0 Å². The highest BCUT2D eigenvalue weighted by Gasteiger charge is 2.15. The fraction of sp³-hybridized carbons (Fsp3) is 0.0769. The summed E-state index contributed by atoms with van der Waals surface area (Å²) in [5.41, 5.74) is 2.28. The Morgan fingerprint density at radius 1 is 1.35 bits per heavy atom. The summed E-state index contributed by atoms with van der Waals surface area (Å²) in [5, 5.41) is 16.5. The van der Waals surface area contributed by atoms with Crippen molar-refractivity contribution in [3.05, 3.63) is 35.2 Å². The predicted octanol–water partition coefficient (Wildman–Crippen LogP) is 2.55. The van der Waals surface area contributed by atoms with Crippen LogP contribution in [0, 0.1) is 11.3 Å². The summed E-state index contributed by atoms with van der Waals surface area (Å²) in [4.78, 5) is 8.28. The van der Waals surface area contributed by atoms with E-state index in [0.717, 1.165) is 0 Å². The average Bonchev–Trinajstić information content (AvgIpc) is 2.93. The van der Waals surface area contributed by atoms with E-state index in [4.69, 9.17) is 21.6 Å². The number of methoxy groups -OCH3 is 1. The Morgan fingerprint density at radius 2 is 2.20 bits per heavy atom. The number of nitrogens with one attached hydrogen (secondary N) is 1. The highest BCUT2D eigenvalue weighted by atomic mass is 35.5. The minimum absolute atomic E-state index is 0.0983. The fourth-order valence-electron chi connectivity index (χ4n) is 1.98. The summed E-state index contributed by atoms with van der Waals surface area (Å²) in [6.45, 7) is 0. The highest BCUT2D eigenvalue weighted by Crippen LogP contribution is 2.33. The van der Waals surface area contributed by atoms with Crippen molar-refractivity contribution < 1.29 is 4.74 Å². The molecule has 0 saturated carbocycles. The van der Waals surface area contributed by atoms with Crippen molar-refractivity contribution in [2.45, 2.75) is 0 Å². The van der Waals surface area contributed by atoms with Crippen LogP contribution in [0.25, 0.3) is 22.3 Å². The van der Waals surface area contributed by atoms with Gasteiger partial charge in [0.1, 0.15) is 5.75 Å². The normalized spacial score (nSPS) is 10.4. The molecule has 0 unspecified atom stereocenters.